The molecule has 0 spiro atoms. The van der Waals surface area contributed by atoms with Crippen LogP contribution in [0.2, 0.25) is 0 Å². The summed E-state index contributed by atoms with van der Waals surface area (Å²) in [5.74, 6) is 0. The Morgan fingerprint density at radius 1 is 1.41 bits per heavy atom. The fraction of sp³-hybridized carbons (Fsp3) is 0.231. The van der Waals surface area contributed by atoms with Crippen LogP contribution in [0.15, 0.2) is 36.0 Å². The van der Waals surface area contributed by atoms with Gasteiger partial charge in [0.2, 0.25) is 0 Å². The Labute approximate surface area is 104 Å². The highest BCUT2D eigenvalue weighted by atomic mass is 32.1. The normalized spacial score (nSPS) is 13.9. The van der Waals surface area contributed by atoms with Crippen molar-refractivity contribution in [3.8, 4) is 6.07 Å². The van der Waals surface area contributed by atoms with Gasteiger partial charge in [0.25, 0.3) is 0 Å². The van der Waals surface area contributed by atoms with Crippen molar-refractivity contribution in [2.45, 2.75) is 18.9 Å². The molecule has 1 atom stereocenters. The molecule has 0 amide bonds. The molecule has 0 aliphatic heterocycles. The first-order valence-electron chi connectivity index (χ1n) is 5.22. The van der Waals surface area contributed by atoms with Crippen molar-refractivity contribution in [1.29, 1.82) is 5.26 Å². The van der Waals surface area contributed by atoms with E-state index in [2.05, 4.69) is 11.1 Å². The zero-order valence-corrected chi connectivity index (χ0v) is 10.2. The number of hydrogen-bond donors (Lipinski definition) is 1. The molecule has 0 aliphatic carbocycles. The van der Waals surface area contributed by atoms with E-state index in [9.17, 15) is 5.11 Å². The molecule has 1 N–H and O–H groups in total. The first kappa shape index (κ1) is 11.8. The van der Waals surface area contributed by atoms with E-state index in [0.29, 0.717) is 12.0 Å². The van der Waals surface area contributed by atoms with Crippen LogP contribution in [0.3, 0.4) is 0 Å². The zero-order valence-electron chi connectivity index (χ0n) is 9.42. The summed E-state index contributed by atoms with van der Waals surface area (Å²) in [6, 6.07) is 9.08. The summed E-state index contributed by atoms with van der Waals surface area (Å²) in [6.07, 6.45) is 2.30. The molecule has 0 aliphatic rings. The summed E-state index contributed by atoms with van der Waals surface area (Å²) in [5.41, 5.74) is 2.23. The molecule has 17 heavy (non-hydrogen) atoms. The molecule has 3 nitrogen and oxygen atoms in total. The lowest BCUT2D eigenvalue weighted by Crippen LogP contribution is -2.23. The van der Waals surface area contributed by atoms with Gasteiger partial charge < -0.3 is 5.11 Å². The van der Waals surface area contributed by atoms with Gasteiger partial charge in [-0.15, -0.1) is 11.3 Å². The van der Waals surface area contributed by atoms with Crippen molar-refractivity contribution in [3.05, 3.63) is 52.0 Å². The summed E-state index contributed by atoms with van der Waals surface area (Å²) in [5, 5.41) is 19.1. The highest BCUT2D eigenvalue weighted by Gasteiger charge is 2.24. The van der Waals surface area contributed by atoms with Gasteiger partial charge in [0, 0.05) is 17.5 Å². The molecule has 2 rings (SSSR count). The van der Waals surface area contributed by atoms with Crippen LogP contribution in [0.5, 0.6) is 0 Å². The van der Waals surface area contributed by atoms with Gasteiger partial charge in [0.05, 0.1) is 22.7 Å². The van der Waals surface area contributed by atoms with E-state index in [-0.39, 0.29) is 0 Å². The maximum absolute atomic E-state index is 10.4. The van der Waals surface area contributed by atoms with Crippen LogP contribution in [0.4, 0.5) is 0 Å². The van der Waals surface area contributed by atoms with Crippen LogP contribution in [0.25, 0.3) is 0 Å². The quantitative estimate of drug-likeness (QED) is 0.902. The molecule has 0 fully saturated rings. The third-order valence-corrected chi connectivity index (χ3v) is 3.42. The standard InChI is InChI=1S/C13H12N2OS/c1-13(16,6-12-8-15-9-17-12)11-4-2-10(7-14)3-5-11/h2-5,8-9,16H,6H2,1H3. The molecular weight excluding hydrogens is 232 g/mol. The first-order valence-corrected chi connectivity index (χ1v) is 6.10. The third kappa shape index (κ3) is 2.70. The SMILES string of the molecule is CC(O)(Cc1cncs1)c1ccc(C#N)cc1. The topological polar surface area (TPSA) is 56.9 Å². The Balaban J connectivity index is 2.22. The number of thiazole rings is 1. The van der Waals surface area contributed by atoms with Crippen LogP contribution >= 0.6 is 11.3 Å². The monoisotopic (exact) mass is 244 g/mol. The Bertz CT molecular complexity index is 524. The maximum Gasteiger partial charge on any atom is 0.0991 e. The van der Waals surface area contributed by atoms with E-state index in [1.807, 2.05) is 0 Å². The molecule has 0 bridgehead atoms. The second kappa shape index (κ2) is 4.66. The van der Waals surface area contributed by atoms with E-state index in [0.717, 1.165) is 10.4 Å². The number of aliphatic hydroxyl groups is 1. The van der Waals surface area contributed by atoms with Gasteiger partial charge in [-0.25, -0.2) is 0 Å². The van der Waals surface area contributed by atoms with Crippen LogP contribution in [-0.4, -0.2) is 10.1 Å². The third-order valence-electron chi connectivity index (χ3n) is 2.64. The van der Waals surface area contributed by atoms with E-state index in [1.54, 1.807) is 42.9 Å². The molecule has 1 aromatic heterocycles. The first-order chi connectivity index (χ1) is 8.12. The van der Waals surface area contributed by atoms with Crippen LogP contribution < -0.4 is 0 Å². The van der Waals surface area contributed by atoms with E-state index >= 15 is 0 Å². The van der Waals surface area contributed by atoms with E-state index < -0.39 is 5.60 Å². The lowest BCUT2D eigenvalue weighted by Gasteiger charge is -2.23. The molecule has 4 heteroatoms. The van der Waals surface area contributed by atoms with Crippen molar-refractivity contribution in [3.63, 3.8) is 0 Å². The highest BCUT2D eigenvalue weighted by Crippen LogP contribution is 2.26. The number of aromatic nitrogens is 1. The van der Waals surface area contributed by atoms with Crippen molar-refractivity contribution in [2.75, 3.05) is 0 Å². The molecular formula is C13H12N2OS. The summed E-state index contributed by atoms with van der Waals surface area (Å²) < 4.78 is 0. The summed E-state index contributed by atoms with van der Waals surface area (Å²) in [4.78, 5) is 5.03. The summed E-state index contributed by atoms with van der Waals surface area (Å²) >= 11 is 1.53. The molecule has 0 saturated carbocycles. The van der Waals surface area contributed by atoms with Gasteiger partial charge >= 0.3 is 0 Å². The average molecular weight is 244 g/mol. The number of nitriles is 1. The smallest absolute Gasteiger partial charge is 0.0991 e. The molecule has 2 aromatic rings. The molecule has 0 radical (unpaired) electrons. The zero-order chi connectivity index (χ0) is 12.3. The fourth-order valence-corrected chi connectivity index (χ4v) is 2.42. The summed E-state index contributed by atoms with van der Waals surface area (Å²) in [6.45, 7) is 1.77. The van der Waals surface area contributed by atoms with Gasteiger partial charge in [-0.2, -0.15) is 5.26 Å². The van der Waals surface area contributed by atoms with E-state index in [1.165, 1.54) is 11.3 Å². The summed E-state index contributed by atoms with van der Waals surface area (Å²) in [7, 11) is 0. The lowest BCUT2D eigenvalue weighted by molar-refractivity contribution is 0.0584. The molecule has 1 aromatic carbocycles. The average Bonchev–Trinajstić information content (AvgIpc) is 2.81. The van der Waals surface area contributed by atoms with Crippen molar-refractivity contribution in [1.82, 2.24) is 4.98 Å². The van der Waals surface area contributed by atoms with Crippen LogP contribution in [0.1, 0.15) is 22.9 Å². The van der Waals surface area contributed by atoms with Crippen molar-refractivity contribution in [2.24, 2.45) is 0 Å². The highest BCUT2D eigenvalue weighted by molar-refractivity contribution is 7.09. The number of rotatable bonds is 3. The molecule has 86 valence electrons. The van der Waals surface area contributed by atoms with Gasteiger partial charge in [-0.05, 0) is 24.6 Å². The van der Waals surface area contributed by atoms with Gasteiger partial charge in [-0.1, -0.05) is 12.1 Å². The second-order valence-electron chi connectivity index (χ2n) is 4.11. The molecule has 1 unspecified atom stereocenters. The Hall–Kier alpha value is -1.70. The predicted octanol–water partition coefficient (Wildman–Crippen LogP) is 2.46. The minimum absolute atomic E-state index is 0.531. The fourth-order valence-electron chi connectivity index (χ4n) is 1.67. The second-order valence-corrected chi connectivity index (χ2v) is 5.08. The van der Waals surface area contributed by atoms with E-state index in [4.69, 9.17) is 5.26 Å². The number of hydrogen-bond acceptors (Lipinski definition) is 4. The Morgan fingerprint density at radius 3 is 2.65 bits per heavy atom. The number of nitrogens with zero attached hydrogens (tertiary/aromatic N) is 2. The minimum atomic E-state index is -0.930. The van der Waals surface area contributed by atoms with Crippen molar-refractivity contribution < 1.29 is 5.11 Å². The van der Waals surface area contributed by atoms with Crippen molar-refractivity contribution >= 4 is 11.3 Å². The van der Waals surface area contributed by atoms with Gasteiger partial charge in [0.15, 0.2) is 0 Å². The molecule has 1 heterocycles. The van der Waals surface area contributed by atoms with Gasteiger partial charge in [-0.3, -0.25) is 4.98 Å². The molecule has 0 saturated heterocycles. The van der Waals surface area contributed by atoms with Gasteiger partial charge in [0.1, 0.15) is 0 Å². The predicted molar refractivity (Wildman–Crippen MR) is 66.5 cm³/mol. The Kier molecular flexibility index (Phi) is 3.23. The van der Waals surface area contributed by atoms with Crippen LogP contribution in [0, 0.1) is 11.3 Å². The minimum Gasteiger partial charge on any atom is -0.385 e. The number of benzene rings is 1. The van der Waals surface area contributed by atoms with Crippen LogP contribution in [-0.2, 0) is 12.0 Å². The largest absolute Gasteiger partial charge is 0.385 e. The Morgan fingerprint density at radius 2 is 2.12 bits per heavy atom. The lowest BCUT2D eigenvalue weighted by atomic mass is 9.91. The maximum atomic E-state index is 10.4.